The van der Waals surface area contributed by atoms with Gasteiger partial charge >= 0.3 is 0 Å². The van der Waals surface area contributed by atoms with E-state index in [9.17, 15) is 4.79 Å². The van der Waals surface area contributed by atoms with Gasteiger partial charge in [-0.05, 0) is 42.8 Å². The molecule has 3 heterocycles. The molecule has 3 aromatic rings. The van der Waals surface area contributed by atoms with Crippen LogP contribution in [-0.2, 0) is 6.42 Å². The van der Waals surface area contributed by atoms with E-state index in [0.717, 1.165) is 40.4 Å². The Morgan fingerprint density at radius 2 is 2.04 bits per heavy atom. The fraction of sp³-hybridized carbons (Fsp3) is 0.211. The Labute approximate surface area is 145 Å². The average Bonchev–Trinajstić information content (AvgIpc) is 3.07. The van der Waals surface area contributed by atoms with Crippen molar-refractivity contribution in [1.29, 1.82) is 0 Å². The molecule has 126 valence electrons. The molecule has 4 rings (SSSR count). The number of carbonyl (C=O) groups is 1. The minimum Gasteiger partial charge on any atom is -0.497 e. The number of nitrogens with zero attached hydrogens (tertiary/aromatic N) is 2. The van der Waals surface area contributed by atoms with Gasteiger partial charge in [-0.15, -0.1) is 0 Å². The monoisotopic (exact) mass is 334 g/mol. The summed E-state index contributed by atoms with van der Waals surface area (Å²) in [5.41, 5.74) is 5.25. The Morgan fingerprint density at radius 1 is 1.16 bits per heavy atom. The molecule has 0 atom stereocenters. The summed E-state index contributed by atoms with van der Waals surface area (Å²) < 4.78 is 5.25. The SMILES string of the molecule is COc1ccc(-c2nccc(-c3cc4c([nH]3)CCNC4=O)n2)c(C)c1. The number of ether oxygens (including phenoxy) is 1. The van der Waals surface area contributed by atoms with Gasteiger partial charge in [0.25, 0.3) is 5.91 Å². The predicted octanol–water partition coefficient (Wildman–Crippen LogP) is 2.74. The predicted molar refractivity (Wildman–Crippen MR) is 94.6 cm³/mol. The molecule has 0 aliphatic carbocycles. The van der Waals surface area contributed by atoms with Gasteiger partial charge in [-0.2, -0.15) is 0 Å². The highest BCUT2D eigenvalue weighted by molar-refractivity contribution is 5.97. The van der Waals surface area contributed by atoms with Crippen LogP contribution in [0.1, 0.15) is 21.6 Å². The van der Waals surface area contributed by atoms with Crippen LogP contribution in [0.5, 0.6) is 5.75 Å². The van der Waals surface area contributed by atoms with E-state index < -0.39 is 0 Å². The summed E-state index contributed by atoms with van der Waals surface area (Å²) in [6.45, 7) is 2.66. The summed E-state index contributed by atoms with van der Waals surface area (Å²) in [6.07, 6.45) is 2.54. The summed E-state index contributed by atoms with van der Waals surface area (Å²) >= 11 is 0. The third kappa shape index (κ3) is 2.76. The molecule has 0 saturated heterocycles. The number of aromatic amines is 1. The number of aromatic nitrogens is 3. The normalized spacial score (nSPS) is 13.3. The maximum Gasteiger partial charge on any atom is 0.253 e. The van der Waals surface area contributed by atoms with Crippen LogP contribution in [0.3, 0.4) is 0 Å². The van der Waals surface area contributed by atoms with E-state index in [2.05, 4.69) is 20.3 Å². The summed E-state index contributed by atoms with van der Waals surface area (Å²) in [5.74, 6) is 1.42. The highest BCUT2D eigenvalue weighted by Crippen LogP contribution is 2.27. The second-order valence-electron chi connectivity index (χ2n) is 6.03. The smallest absolute Gasteiger partial charge is 0.253 e. The number of hydrogen-bond acceptors (Lipinski definition) is 4. The van der Waals surface area contributed by atoms with Crippen molar-refractivity contribution in [1.82, 2.24) is 20.3 Å². The molecule has 0 spiro atoms. The molecule has 0 bridgehead atoms. The maximum absolute atomic E-state index is 11.9. The molecule has 2 N–H and O–H groups in total. The van der Waals surface area contributed by atoms with Crippen molar-refractivity contribution in [2.24, 2.45) is 0 Å². The topological polar surface area (TPSA) is 79.9 Å². The number of amides is 1. The lowest BCUT2D eigenvalue weighted by Gasteiger charge is -2.10. The third-order valence-corrected chi connectivity index (χ3v) is 4.41. The van der Waals surface area contributed by atoms with Crippen molar-refractivity contribution in [2.75, 3.05) is 13.7 Å². The number of aryl methyl sites for hydroxylation is 1. The zero-order chi connectivity index (χ0) is 17.4. The van der Waals surface area contributed by atoms with Crippen LogP contribution in [0.15, 0.2) is 36.5 Å². The highest BCUT2D eigenvalue weighted by atomic mass is 16.5. The van der Waals surface area contributed by atoms with Crippen molar-refractivity contribution in [3.8, 4) is 28.5 Å². The largest absolute Gasteiger partial charge is 0.497 e. The molecule has 6 nitrogen and oxygen atoms in total. The van der Waals surface area contributed by atoms with Crippen LogP contribution >= 0.6 is 0 Å². The molecule has 1 amide bonds. The minimum atomic E-state index is -0.0379. The lowest BCUT2D eigenvalue weighted by Crippen LogP contribution is -2.31. The fourth-order valence-electron chi connectivity index (χ4n) is 3.08. The lowest BCUT2D eigenvalue weighted by molar-refractivity contribution is 0.0946. The van der Waals surface area contributed by atoms with Crippen LogP contribution < -0.4 is 10.1 Å². The zero-order valence-electron chi connectivity index (χ0n) is 14.1. The standard InChI is InChI=1S/C19H18N4O2/c1-11-9-12(25-2)3-4-13(11)18-20-7-6-16(23-18)17-10-14-15(22-17)5-8-21-19(14)24/h3-4,6-7,9-10,22H,5,8H2,1-2H3,(H,21,24). The second-order valence-corrected chi connectivity index (χ2v) is 6.03. The first-order valence-corrected chi connectivity index (χ1v) is 8.14. The van der Waals surface area contributed by atoms with Crippen molar-refractivity contribution >= 4 is 5.91 Å². The molecule has 0 unspecified atom stereocenters. The number of methoxy groups -OCH3 is 1. The van der Waals surface area contributed by atoms with E-state index in [1.165, 1.54) is 0 Å². The van der Waals surface area contributed by atoms with Crippen molar-refractivity contribution in [3.63, 3.8) is 0 Å². The second kappa shape index (κ2) is 6.05. The Bertz CT molecular complexity index is 962. The first-order chi connectivity index (χ1) is 12.2. The Kier molecular flexibility index (Phi) is 3.72. The van der Waals surface area contributed by atoms with E-state index >= 15 is 0 Å². The number of rotatable bonds is 3. The minimum absolute atomic E-state index is 0.0379. The molecular formula is C19H18N4O2. The molecule has 6 heteroatoms. The molecule has 0 saturated carbocycles. The number of H-pyrrole nitrogens is 1. The summed E-state index contributed by atoms with van der Waals surface area (Å²) in [6, 6.07) is 9.52. The van der Waals surface area contributed by atoms with Crippen molar-refractivity contribution in [3.05, 3.63) is 53.3 Å². The van der Waals surface area contributed by atoms with Gasteiger partial charge in [0, 0.05) is 30.4 Å². The van der Waals surface area contributed by atoms with Crippen LogP contribution in [0, 0.1) is 6.92 Å². The molecule has 2 aromatic heterocycles. The van der Waals surface area contributed by atoms with Gasteiger partial charge in [0.2, 0.25) is 0 Å². The van der Waals surface area contributed by atoms with Crippen molar-refractivity contribution < 1.29 is 9.53 Å². The number of carbonyl (C=O) groups excluding carboxylic acids is 1. The fourth-order valence-corrected chi connectivity index (χ4v) is 3.08. The molecule has 1 aliphatic rings. The Hall–Kier alpha value is -3.15. The van der Waals surface area contributed by atoms with Crippen molar-refractivity contribution in [2.45, 2.75) is 13.3 Å². The third-order valence-electron chi connectivity index (χ3n) is 4.41. The van der Waals surface area contributed by atoms with Gasteiger partial charge in [0.1, 0.15) is 5.75 Å². The molecular weight excluding hydrogens is 316 g/mol. The quantitative estimate of drug-likeness (QED) is 0.772. The lowest BCUT2D eigenvalue weighted by atomic mass is 10.1. The molecule has 0 radical (unpaired) electrons. The van der Waals surface area contributed by atoms with E-state index in [-0.39, 0.29) is 5.91 Å². The van der Waals surface area contributed by atoms with Gasteiger partial charge in [-0.1, -0.05) is 0 Å². The first kappa shape index (κ1) is 15.4. The molecule has 25 heavy (non-hydrogen) atoms. The maximum atomic E-state index is 11.9. The van der Waals surface area contributed by atoms with Crippen LogP contribution in [0.25, 0.3) is 22.8 Å². The van der Waals surface area contributed by atoms with Gasteiger partial charge < -0.3 is 15.0 Å². The molecule has 1 aromatic carbocycles. The summed E-state index contributed by atoms with van der Waals surface area (Å²) in [5, 5.41) is 2.85. The molecule has 1 aliphatic heterocycles. The van der Waals surface area contributed by atoms with Crippen LogP contribution in [-0.4, -0.2) is 34.5 Å². The Morgan fingerprint density at radius 3 is 2.80 bits per heavy atom. The average molecular weight is 334 g/mol. The van der Waals surface area contributed by atoms with E-state index in [4.69, 9.17) is 4.74 Å². The van der Waals surface area contributed by atoms with Crippen LogP contribution in [0.4, 0.5) is 0 Å². The number of benzene rings is 1. The van der Waals surface area contributed by atoms with Crippen LogP contribution in [0.2, 0.25) is 0 Å². The van der Waals surface area contributed by atoms with Gasteiger partial charge in [0.05, 0.1) is 24.1 Å². The Balaban J connectivity index is 1.74. The summed E-state index contributed by atoms with van der Waals surface area (Å²) in [4.78, 5) is 24.4. The number of nitrogens with one attached hydrogen (secondary N) is 2. The van der Waals surface area contributed by atoms with E-state index in [0.29, 0.717) is 17.9 Å². The summed E-state index contributed by atoms with van der Waals surface area (Å²) in [7, 11) is 1.65. The van der Waals surface area contributed by atoms with E-state index in [1.54, 1.807) is 13.3 Å². The van der Waals surface area contributed by atoms with Gasteiger partial charge in [-0.25, -0.2) is 9.97 Å². The number of fused-ring (bicyclic) bond motifs is 1. The molecule has 0 fully saturated rings. The van der Waals surface area contributed by atoms with Gasteiger partial charge in [-0.3, -0.25) is 4.79 Å². The number of hydrogen-bond donors (Lipinski definition) is 2. The van der Waals surface area contributed by atoms with Gasteiger partial charge in [0.15, 0.2) is 5.82 Å². The zero-order valence-corrected chi connectivity index (χ0v) is 14.1. The highest BCUT2D eigenvalue weighted by Gasteiger charge is 2.20. The first-order valence-electron chi connectivity index (χ1n) is 8.14. The van der Waals surface area contributed by atoms with E-state index in [1.807, 2.05) is 37.3 Å².